The fraction of sp³-hybridized carbons (Fsp3) is 0. The predicted molar refractivity (Wildman–Crippen MR) is 2.22 cm³/mol. The average molecular weight is 168 g/mol. The monoisotopic (exact) mass is 167 g/mol. The van der Waals surface area contributed by atoms with Crippen LogP contribution in [-0.4, -0.2) is 4.20 Å². The molecule has 26 valence electrons. The van der Waals surface area contributed by atoms with Crippen molar-refractivity contribution in [2.24, 2.45) is 0 Å². The van der Waals surface area contributed by atoms with E-state index < -0.39 is 14.8 Å². The zero-order chi connectivity index (χ0) is 3.58. The molecule has 0 spiro atoms. The summed E-state index contributed by atoms with van der Waals surface area (Å²) >= 11 is -3.40. The van der Waals surface area contributed by atoms with Crippen LogP contribution >= 0.6 is 0 Å². The topological polar surface area (TPSA) is 66.3 Å². The van der Waals surface area contributed by atoms with Gasteiger partial charge in [-0.15, -0.1) is 0 Å². The Labute approximate surface area is 77.2 Å². The summed E-state index contributed by atoms with van der Waals surface area (Å²) in [6.45, 7) is 0. The molecular weight excluding hydrogens is 167 g/mol. The van der Waals surface area contributed by atoms with Crippen molar-refractivity contribution in [3.05, 3.63) is 0 Å². The van der Waals surface area contributed by atoms with Crippen LogP contribution in [0.3, 0.4) is 0 Å². The molecule has 5 heavy (non-hydrogen) atoms. The van der Waals surface area contributed by atoms with Crippen molar-refractivity contribution < 1.29 is 78.8 Å². The molecular formula is HBrKO3+. The van der Waals surface area contributed by atoms with Gasteiger partial charge in [-0.05, 0) is 4.20 Å². The van der Waals surface area contributed by atoms with Gasteiger partial charge in [-0.3, -0.25) is 0 Å². The molecule has 0 rings (SSSR count). The fourth-order valence-corrected chi connectivity index (χ4v) is 0. The van der Waals surface area contributed by atoms with Gasteiger partial charge < -0.3 is 8.40 Å². The average Bonchev–Trinajstić information content (AvgIpc) is 0.811. The van der Waals surface area contributed by atoms with Crippen LogP contribution in [0.1, 0.15) is 0 Å². The van der Waals surface area contributed by atoms with Crippen molar-refractivity contribution >= 4 is 0 Å². The summed E-state index contributed by atoms with van der Waals surface area (Å²) in [5, 5.41) is 0. The molecule has 0 aliphatic carbocycles. The van der Waals surface area contributed by atoms with Crippen LogP contribution in [0.25, 0.3) is 0 Å². The molecule has 0 aromatic heterocycles. The van der Waals surface area contributed by atoms with Crippen LogP contribution in [0.5, 0.6) is 0 Å². The van der Waals surface area contributed by atoms with Crippen LogP contribution in [-0.2, 0) is 0 Å². The van der Waals surface area contributed by atoms with Crippen molar-refractivity contribution in [2.75, 3.05) is 0 Å². The Kier molecular flexibility index (Phi) is 12.1. The third-order valence-electron chi connectivity index (χ3n) is 0. The molecule has 0 aromatic carbocycles. The Morgan fingerprint density at radius 1 is 1.40 bits per heavy atom. The smallest absolute Gasteiger partial charge is 0.372 e. The minimum atomic E-state index is -3.40. The Morgan fingerprint density at radius 3 is 1.40 bits per heavy atom. The van der Waals surface area contributed by atoms with E-state index in [1.54, 1.807) is 0 Å². The summed E-state index contributed by atoms with van der Waals surface area (Å²) in [6.07, 6.45) is 0. The third kappa shape index (κ3) is 24.0. The first kappa shape index (κ1) is 10.1. The van der Waals surface area contributed by atoms with Crippen molar-refractivity contribution in [3.63, 3.8) is 0 Å². The summed E-state index contributed by atoms with van der Waals surface area (Å²) in [7, 11) is 0. The van der Waals surface area contributed by atoms with Gasteiger partial charge in [0.25, 0.3) is 0 Å². The molecule has 0 fully saturated rings. The van der Waals surface area contributed by atoms with Gasteiger partial charge in [-0.25, -0.2) is 0 Å². The molecule has 0 saturated heterocycles. The van der Waals surface area contributed by atoms with E-state index in [9.17, 15) is 0 Å². The SMILES string of the molecule is [K+].[O-][Br+2]([O-])O. The van der Waals surface area contributed by atoms with E-state index in [1.165, 1.54) is 0 Å². The van der Waals surface area contributed by atoms with Crippen LogP contribution < -0.4 is 59.8 Å². The largest absolute Gasteiger partial charge is 1.00 e. The molecule has 0 aliphatic rings. The van der Waals surface area contributed by atoms with Crippen LogP contribution in [0.15, 0.2) is 0 Å². The van der Waals surface area contributed by atoms with Gasteiger partial charge >= 0.3 is 66.2 Å². The molecule has 3 nitrogen and oxygen atoms in total. The summed E-state index contributed by atoms with van der Waals surface area (Å²) in [4.78, 5) is 0. The van der Waals surface area contributed by atoms with E-state index in [0.717, 1.165) is 0 Å². The number of hydrogen-bond acceptors (Lipinski definition) is 3. The molecule has 0 radical (unpaired) electrons. The fourth-order valence-electron chi connectivity index (χ4n) is 0. The van der Waals surface area contributed by atoms with Crippen molar-refractivity contribution in [1.82, 2.24) is 0 Å². The van der Waals surface area contributed by atoms with Gasteiger partial charge in [-0.1, -0.05) is 0 Å². The Bertz CT molecular complexity index is 11.6. The normalized spacial score (nSPS) is 7.20. The first-order valence-electron chi connectivity index (χ1n) is 0.478. The summed E-state index contributed by atoms with van der Waals surface area (Å²) < 4.78 is 24.3. The molecule has 1 N–H and O–H groups in total. The molecule has 0 aliphatic heterocycles. The first-order chi connectivity index (χ1) is 1.73. The zero-order valence-corrected chi connectivity index (χ0v) is 7.35. The van der Waals surface area contributed by atoms with Gasteiger partial charge in [0.15, 0.2) is 0 Å². The zero-order valence-electron chi connectivity index (χ0n) is 2.64. The quantitative estimate of drug-likeness (QED) is 0.366. The Morgan fingerprint density at radius 2 is 1.40 bits per heavy atom. The second-order valence-electron chi connectivity index (χ2n) is 0.201. The molecule has 5 heteroatoms. The van der Waals surface area contributed by atoms with Crippen LogP contribution in [0.4, 0.5) is 0 Å². The van der Waals surface area contributed by atoms with E-state index in [-0.39, 0.29) is 51.4 Å². The molecule has 0 heterocycles. The van der Waals surface area contributed by atoms with Gasteiger partial charge in [0.1, 0.15) is 0 Å². The van der Waals surface area contributed by atoms with Crippen LogP contribution in [0, 0.1) is 14.8 Å². The Hall–Kier alpha value is 2.00. The number of rotatable bonds is 0. The third-order valence-corrected chi connectivity index (χ3v) is 0. The molecule has 0 bridgehead atoms. The van der Waals surface area contributed by atoms with E-state index in [0.29, 0.717) is 0 Å². The van der Waals surface area contributed by atoms with Crippen molar-refractivity contribution in [2.45, 2.75) is 0 Å². The second kappa shape index (κ2) is 6.00. The molecule has 0 aromatic rings. The molecule has 0 unspecified atom stereocenters. The first-order valence-corrected chi connectivity index (χ1v) is 2.48. The predicted octanol–water partition coefficient (Wildman–Crippen LogP) is -5.93. The number of hydrogen-bond donors (Lipinski definition) is 1. The maximum Gasteiger partial charge on any atom is 1.00 e. The Balaban J connectivity index is 0. The minimum absolute atomic E-state index is 0. The van der Waals surface area contributed by atoms with E-state index in [1.807, 2.05) is 0 Å². The summed E-state index contributed by atoms with van der Waals surface area (Å²) in [5.74, 6) is 0. The molecule has 0 atom stereocenters. The van der Waals surface area contributed by atoms with E-state index >= 15 is 0 Å². The van der Waals surface area contributed by atoms with Gasteiger partial charge in [0, 0.05) is 0 Å². The summed E-state index contributed by atoms with van der Waals surface area (Å²) in [6, 6.07) is 0. The maximum atomic E-state index is 8.63. The van der Waals surface area contributed by atoms with E-state index in [2.05, 4.69) is 0 Å². The second-order valence-corrected chi connectivity index (χ2v) is 1.04. The minimum Gasteiger partial charge on any atom is -0.372 e. The van der Waals surface area contributed by atoms with Crippen LogP contribution in [0.2, 0.25) is 0 Å². The van der Waals surface area contributed by atoms with Crippen molar-refractivity contribution in [3.8, 4) is 0 Å². The molecule has 0 amide bonds. The van der Waals surface area contributed by atoms with Gasteiger partial charge in [0.05, 0.1) is 0 Å². The molecule has 0 saturated carbocycles. The van der Waals surface area contributed by atoms with Gasteiger partial charge in [0.2, 0.25) is 0 Å². The standard InChI is InChI=1S/BrHO3.K/c2-1(3)4;/h2H;/q;+1. The maximum absolute atomic E-state index is 8.63. The van der Waals surface area contributed by atoms with E-state index in [4.69, 9.17) is 12.6 Å². The van der Waals surface area contributed by atoms with Gasteiger partial charge in [-0.2, -0.15) is 0 Å². The number of halogens is 1. The summed E-state index contributed by atoms with van der Waals surface area (Å²) in [5.41, 5.74) is 0. The van der Waals surface area contributed by atoms with Crippen molar-refractivity contribution in [1.29, 1.82) is 0 Å².